The fourth-order valence-corrected chi connectivity index (χ4v) is 4.88. The molecular weight excluding hydrogens is 332 g/mol. The highest BCUT2D eigenvalue weighted by Gasteiger charge is 2.81. The summed E-state index contributed by atoms with van der Waals surface area (Å²) < 4.78 is 17.8. The first-order chi connectivity index (χ1) is 12.4. The Hall–Kier alpha value is -2.82. The molecule has 3 fully saturated rings. The first kappa shape index (κ1) is 16.6. The van der Waals surface area contributed by atoms with Crippen molar-refractivity contribution in [2.75, 3.05) is 0 Å². The molecule has 1 saturated carbocycles. The van der Waals surface area contributed by atoms with E-state index in [0.29, 0.717) is 24.4 Å². The van der Waals surface area contributed by atoms with Gasteiger partial charge in [-0.15, -0.1) is 0 Å². The maximum absolute atomic E-state index is 10.2. The van der Waals surface area contributed by atoms with Crippen molar-refractivity contribution in [1.82, 2.24) is 0 Å². The van der Waals surface area contributed by atoms with E-state index >= 15 is 0 Å². The molecule has 0 spiro atoms. The molecule has 1 aliphatic carbocycles. The maximum atomic E-state index is 10.2. The van der Waals surface area contributed by atoms with Gasteiger partial charge < -0.3 is 13.9 Å². The minimum Gasteiger partial charge on any atom is -0.464 e. The lowest BCUT2D eigenvalue weighted by Crippen LogP contribution is -2.60. The average molecular weight is 350 g/mol. The van der Waals surface area contributed by atoms with Crippen molar-refractivity contribution in [3.05, 3.63) is 23.7 Å². The van der Waals surface area contributed by atoms with Crippen LogP contribution < -0.4 is 0 Å². The van der Waals surface area contributed by atoms with Crippen molar-refractivity contribution >= 4 is 5.90 Å². The molecule has 2 aliphatic heterocycles. The number of furan rings is 1. The number of rotatable bonds is 1. The van der Waals surface area contributed by atoms with Gasteiger partial charge in [-0.1, -0.05) is 6.92 Å². The van der Waals surface area contributed by atoms with E-state index in [0.717, 1.165) is 6.42 Å². The highest BCUT2D eigenvalue weighted by atomic mass is 16.7. The molecule has 7 heteroatoms. The Morgan fingerprint density at radius 3 is 2.50 bits per heavy atom. The molecule has 2 bridgehead atoms. The van der Waals surface area contributed by atoms with Crippen LogP contribution in [0.2, 0.25) is 0 Å². The van der Waals surface area contributed by atoms with E-state index in [2.05, 4.69) is 13.0 Å². The highest BCUT2D eigenvalue weighted by molar-refractivity contribution is 5.89. The fraction of sp³-hybridized carbons (Fsp3) is 0.579. The number of nitriles is 3. The molecule has 0 radical (unpaired) electrons. The van der Waals surface area contributed by atoms with Crippen molar-refractivity contribution < 1.29 is 13.9 Å². The van der Waals surface area contributed by atoms with Crippen molar-refractivity contribution in [3.63, 3.8) is 0 Å². The molecule has 1 aromatic rings. The van der Waals surface area contributed by atoms with Gasteiger partial charge in [-0.2, -0.15) is 15.8 Å². The van der Waals surface area contributed by atoms with Gasteiger partial charge in [0.15, 0.2) is 11.5 Å². The largest absolute Gasteiger partial charge is 0.464 e. The Bertz CT molecular complexity index is 902. The Morgan fingerprint density at radius 2 is 1.92 bits per heavy atom. The van der Waals surface area contributed by atoms with Crippen LogP contribution in [0.4, 0.5) is 0 Å². The molecule has 1 aromatic heterocycles. The molecule has 2 saturated heterocycles. The van der Waals surface area contributed by atoms with E-state index in [9.17, 15) is 15.8 Å². The molecule has 132 valence electrons. The lowest BCUT2D eigenvalue weighted by molar-refractivity contribution is -0.301. The van der Waals surface area contributed by atoms with Crippen LogP contribution in [0.5, 0.6) is 0 Å². The van der Waals surface area contributed by atoms with Crippen LogP contribution >= 0.6 is 0 Å². The number of nitrogens with one attached hydrogen (secondary N) is 1. The summed E-state index contributed by atoms with van der Waals surface area (Å²) in [5.74, 6) is -0.839. The number of hydrogen-bond donors (Lipinski definition) is 1. The van der Waals surface area contributed by atoms with Crippen molar-refractivity contribution in [2.45, 2.75) is 45.0 Å². The standard InChI is InChI=1S/C19H18N4O3/c1-11-5-6-19-14(7-11)18(10-22,16(23)26-19)17(8-20,9-21)15(25-19)13-4-3-12(2)24-13/h3-4,11,14-15,23H,5-7H2,1-2H3. The van der Waals surface area contributed by atoms with E-state index in [1.165, 1.54) is 0 Å². The van der Waals surface area contributed by atoms with Crippen LogP contribution in [0, 0.1) is 69.0 Å². The lowest BCUT2D eigenvalue weighted by Gasteiger charge is -2.51. The summed E-state index contributed by atoms with van der Waals surface area (Å²) in [7, 11) is 0. The van der Waals surface area contributed by atoms with Crippen molar-refractivity contribution in [3.8, 4) is 18.2 Å². The van der Waals surface area contributed by atoms with Crippen LogP contribution in [0.25, 0.3) is 0 Å². The quantitative estimate of drug-likeness (QED) is 0.827. The smallest absolute Gasteiger partial charge is 0.217 e. The van der Waals surface area contributed by atoms with Crippen LogP contribution in [0.1, 0.15) is 43.8 Å². The van der Waals surface area contributed by atoms with E-state index in [1.54, 1.807) is 19.1 Å². The molecule has 7 nitrogen and oxygen atoms in total. The molecule has 1 N–H and O–H groups in total. The number of aryl methyl sites for hydroxylation is 1. The third kappa shape index (κ3) is 1.66. The zero-order valence-electron chi connectivity index (χ0n) is 14.6. The van der Waals surface area contributed by atoms with Crippen LogP contribution in [-0.4, -0.2) is 11.7 Å². The van der Waals surface area contributed by atoms with Gasteiger partial charge in [-0.05, 0) is 37.8 Å². The first-order valence-electron chi connectivity index (χ1n) is 8.65. The molecule has 0 amide bonds. The second-order valence-electron chi connectivity index (χ2n) is 7.57. The number of ether oxygens (including phenoxy) is 2. The summed E-state index contributed by atoms with van der Waals surface area (Å²) in [5, 5.41) is 38.8. The predicted molar refractivity (Wildman–Crippen MR) is 87.0 cm³/mol. The second kappa shape index (κ2) is 5.10. The monoisotopic (exact) mass is 350 g/mol. The molecule has 3 aliphatic rings. The van der Waals surface area contributed by atoms with Gasteiger partial charge in [0.1, 0.15) is 11.5 Å². The van der Waals surface area contributed by atoms with Gasteiger partial charge in [-0.25, -0.2) is 0 Å². The Kier molecular flexibility index (Phi) is 3.26. The van der Waals surface area contributed by atoms with Crippen molar-refractivity contribution in [1.29, 1.82) is 21.2 Å². The van der Waals surface area contributed by atoms with Gasteiger partial charge in [-0.3, -0.25) is 5.41 Å². The summed E-state index contributed by atoms with van der Waals surface area (Å²) in [6.45, 7) is 3.81. The van der Waals surface area contributed by atoms with Crippen LogP contribution in [-0.2, 0) is 9.47 Å². The zero-order valence-corrected chi connectivity index (χ0v) is 14.6. The molecule has 4 rings (SSSR count). The summed E-state index contributed by atoms with van der Waals surface area (Å²) in [5.41, 5.74) is -3.61. The van der Waals surface area contributed by atoms with Crippen LogP contribution in [0.15, 0.2) is 16.5 Å². The Labute approximate surface area is 151 Å². The fourth-order valence-electron chi connectivity index (χ4n) is 4.88. The van der Waals surface area contributed by atoms with Crippen LogP contribution in [0.3, 0.4) is 0 Å². The topological polar surface area (TPSA) is 127 Å². The average Bonchev–Trinajstić information content (AvgIpc) is 3.13. The molecule has 5 atom stereocenters. The van der Waals surface area contributed by atoms with Gasteiger partial charge in [0.2, 0.25) is 17.1 Å². The second-order valence-corrected chi connectivity index (χ2v) is 7.57. The van der Waals surface area contributed by atoms with Gasteiger partial charge in [0.25, 0.3) is 0 Å². The van der Waals surface area contributed by atoms with Crippen molar-refractivity contribution in [2.24, 2.45) is 22.7 Å². The third-order valence-electron chi connectivity index (χ3n) is 6.19. The number of hydrogen-bond acceptors (Lipinski definition) is 7. The molecule has 0 aromatic carbocycles. The maximum Gasteiger partial charge on any atom is 0.217 e. The molecule has 5 unspecified atom stereocenters. The summed E-state index contributed by atoms with van der Waals surface area (Å²) in [6.07, 6.45) is 0.790. The first-order valence-corrected chi connectivity index (χ1v) is 8.65. The third-order valence-corrected chi connectivity index (χ3v) is 6.19. The highest BCUT2D eigenvalue weighted by Crippen LogP contribution is 2.69. The minimum atomic E-state index is -1.93. The zero-order chi connectivity index (χ0) is 18.7. The summed E-state index contributed by atoms with van der Waals surface area (Å²) in [6, 6.07) is 9.59. The minimum absolute atomic E-state index is 0.288. The van der Waals surface area contributed by atoms with E-state index in [-0.39, 0.29) is 11.8 Å². The lowest BCUT2D eigenvalue weighted by atomic mass is 9.51. The summed E-state index contributed by atoms with van der Waals surface area (Å²) >= 11 is 0. The molecular formula is C19H18N4O3. The molecule has 26 heavy (non-hydrogen) atoms. The Morgan fingerprint density at radius 1 is 1.19 bits per heavy atom. The number of nitrogens with zero attached hydrogens (tertiary/aromatic N) is 3. The summed E-state index contributed by atoms with van der Waals surface area (Å²) in [4.78, 5) is 0. The van der Waals surface area contributed by atoms with Gasteiger partial charge in [0, 0.05) is 6.42 Å². The normalized spacial score (nSPS) is 39.8. The predicted octanol–water partition coefficient (Wildman–Crippen LogP) is 3.34. The van der Waals surface area contributed by atoms with E-state index in [4.69, 9.17) is 19.3 Å². The van der Waals surface area contributed by atoms with Gasteiger partial charge in [0.05, 0.1) is 24.1 Å². The Balaban J connectivity index is 2.00. The van der Waals surface area contributed by atoms with E-state index < -0.39 is 28.6 Å². The van der Waals surface area contributed by atoms with Gasteiger partial charge >= 0.3 is 0 Å². The van der Waals surface area contributed by atoms with E-state index in [1.807, 2.05) is 12.1 Å². The SMILES string of the molecule is Cc1ccc(C2OC34CCC(C)CC3C(C#N)(C(=N)O4)C2(C#N)C#N)o1. The molecule has 3 heterocycles.